The van der Waals surface area contributed by atoms with Crippen LogP contribution < -0.4 is 5.32 Å². The summed E-state index contributed by atoms with van der Waals surface area (Å²) < 4.78 is 6.00. The highest BCUT2D eigenvalue weighted by Gasteiger charge is 2.31. The molecule has 0 spiro atoms. The maximum atomic E-state index is 6.00. The first-order valence-corrected chi connectivity index (χ1v) is 7.19. The lowest BCUT2D eigenvalue weighted by Crippen LogP contribution is -2.48. The largest absolute Gasteiger partial charge is 0.374 e. The number of nitrogens with zero attached hydrogens (tertiary/aromatic N) is 1. The van der Waals surface area contributed by atoms with Gasteiger partial charge < -0.3 is 10.1 Å². The van der Waals surface area contributed by atoms with Gasteiger partial charge in [-0.2, -0.15) is 0 Å². The lowest BCUT2D eigenvalue weighted by Gasteiger charge is -2.40. The highest BCUT2D eigenvalue weighted by molar-refractivity contribution is 5.26. The van der Waals surface area contributed by atoms with Gasteiger partial charge >= 0.3 is 0 Å². The SMILES string of the molecule is Cc1cccc(C2C(CNC(C)C)OCCN2C)c1. The second kappa shape index (κ2) is 6.51. The Hall–Kier alpha value is -0.900. The lowest BCUT2D eigenvalue weighted by molar-refractivity contribution is -0.0620. The fourth-order valence-corrected chi connectivity index (χ4v) is 2.71. The van der Waals surface area contributed by atoms with E-state index in [0.717, 1.165) is 19.7 Å². The van der Waals surface area contributed by atoms with E-state index in [9.17, 15) is 0 Å². The molecule has 2 atom stereocenters. The van der Waals surface area contributed by atoms with E-state index in [0.29, 0.717) is 12.1 Å². The van der Waals surface area contributed by atoms with Crippen LogP contribution in [0.2, 0.25) is 0 Å². The molecule has 0 aliphatic carbocycles. The predicted octanol–water partition coefficient (Wildman–Crippen LogP) is 2.36. The maximum absolute atomic E-state index is 6.00. The van der Waals surface area contributed by atoms with Crippen molar-refractivity contribution < 1.29 is 4.74 Å². The van der Waals surface area contributed by atoms with Crippen molar-refractivity contribution in [2.24, 2.45) is 0 Å². The molecule has 0 radical (unpaired) electrons. The number of benzene rings is 1. The molecule has 1 aromatic rings. The molecule has 0 saturated carbocycles. The zero-order chi connectivity index (χ0) is 13.8. The van der Waals surface area contributed by atoms with Crippen LogP contribution in [-0.4, -0.2) is 43.8 Å². The van der Waals surface area contributed by atoms with Gasteiger partial charge in [0.15, 0.2) is 0 Å². The van der Waals surface area contributed by atoms with Crippen molar-refractivity contribution in [2.45, 2.75) is 39.0 Å². The van der Waals surface area contributed by atoms with Crippen molar-refractivity contribution in [3.8, 4) is 0 Å². The molecule has 2 unspecified atom stereocenters. The number of rotatable bonds is 4. The summed E-state index contributed by atoms with van der Waals surface area (Å²) in [5, 5.41) is 3.50. The number of likely N-dealkylation sites (N-methyl/N-ethyl adjacent to an activating group) is 1. The Morgan fingerprint density at radius 2 is 2.21 bits per heavy atom. The molecule has 0 amide bonds. The van der Waals surface area contributed by atoms with Gasteiger partial charge in [0, 0.05) is 19.1 Å². The van der Waals surface area contributed by atoms with Crippen LogP contribution in [0.3, 0.4) is 0 Å². The van der Waals surface area contributed by atoms with Gasteiger partial charge in [0.05, 0.1) is 18.8 Å². The van der Waals surface area contributed by atoms with E-state index in [-0.39, 0.29) is 6.10 Å². The minimum absolute atomic E-state index is 0.225. The molecule has 19 heavy (non-hydrogen) atoms. The Morgan fingerprint density at radius 1 is 1.42 bits per heavy atom. The Kier molecular flexibility index (Phi) is 4.97. The molecule has 1 fully saturated rings. The summed E-state index contributed by atoms with van der Waals surface area (Å²) in [5.41, 5.74) is 2.67. The number of aryl methyl sites for hydroxylation is 1. The van der Waals surface area contributed by atoms with Gasteiger partial charge in [-0.3, -0.25) is 4.90 Å². The van der Waals surface area contributed by atoms with Crippen LogP contribution in [0.5, 0.6) is 0 Å². The molecular weight excluding hydrogens is 236 g/mol. The maximum Gasteiger partial charge on any atom is 0.0896 e. The van der Waals surface area contributed by atoms with Crippen molar-refractivity contribution in [2.75, 3.05) is 26.7 Å². The summed E-state index contributed by atoms with van der Waals surface area (Å²) in [7, 11) is 2.19. The van der Waals surface area contributed by atoms with Crippen LogP contribution in [0.15, 0.2) is 24.3 Å². The number of hydrogen-bond acceptors (Lipinski definition) is 3. The number of ether oxygens (including phenoxy) is 1. The first kappa shape index (κ1) is 14.5. The van der Waals surface area contributed by atoms with Crippen LogP contribution in [0.1, 0.15) is 31.0 Å². The average Bonchev–Trinajstić information content (AvgIpc) is 2.36. The standard InChI is InChI=1S/C16H26N2O/c1-12(2)17-11-15-16(18(4)8-9-19-15)14-7-5-6-13(3)10-14/h5-7,10,12,15-17H,8-9,11H2,1-4H3. The monoisotopic (exact) mass is 262 g/mol. The first-order chi connectivity index (χ1) is 9.08. The van der Waals surface area contributed by atoms with Gasteiger partial charge in [0.25, 0.3) is 0 Å². The Balaban J connectivity index is 2.16. The van der Waals surface area contributed by atoms with Gasteiger partial charge in [-0.1, -0.05) is 43.7 Å². The zero-order valence-electron chi connectivity index (χ0n) is 12.5. The van der Waals surface area contributed by atoms with Gasteiger partial charge in [-0.25, -0.2) is 0 Å². The van der Waals surface area contributed by atoms with Crippen molar-refractivity contribution in [1.82, 2.24) is 10.2 Å². The van der Waals surface area contributed by atoms with Gasteiger partial charge in [0.2, 0.25) is 0 Å². The molecule has 2 rings (SSSR count). The molecule has 1 aromatic carbocycles. The summed E-state index contributed by atoms with van der Waals surface area (Å²) in [5.74, 6) is 0. The summed E-state index contributed by atoms with van der Waals surface area (Å²) in [6, 6.07) is 9.62. The topological polar surface area (TPSA) is 24.5 Å². The van der Waals surface area contributed by atoms with E-state index in [2.05, 4.69) is 62.3 Å². The summed E-state index contributed by atoms with van der Waals surface area (Å²) in [6.45, 7) is 9.22. The third-order valence-corrected chi connectivity index (χ3v) is 3.71. The third kappa shape index (κ3) is 3.78. The van der Waals surface area contributed by atoms with Gasteiger partial charge in [-0.15, -0.1) is 0 Å². The number of hydrogen-bond donors (Lipinski definition) is 1. The lowest BCUT2D eigenvalue weighted by atomic mass is 9.97. The van der Waals surface area contributed by atoms with Crippen molar-refractivity contribution in [3.63, 3.8) is 0 Å². The van der Waals surface area contributed by atoms with E-state index >= 15 is 0 Å². The molecule has 0 bridgehead atoms. The summed E-state index contributed by atoms with van der Waals surface area (Å²) in [6.07, 6.45) is 0.225. The van der Waals surface area contributed by atoms with Crippen LogP contribution >= 0.6 is 0 Å². The molecule has 1 aliphatic rings. The zero-order valence-corrected chi connectivity index (χ0v) is 12.5. The van der Waals surface area contributed by atoms with E-state index in [1.54, 1.807) is 0 Å². The predicted molar refractivity (Wildman–Crippen MR) is 79.4 cm³/mol. The smallest absolute Gasteiger partial charge is 0.0896 e. The van der Waals surface area contributed by atoms with Crippen molar-refractivity contribution in [1.29, 1.82) is 0 Å². The van der Waals surface area contributed by atoms with Crippen LogP contribution in [0.4, 0.5) is 0 Å². The second-order valence-corrected chi connectivity index (χ2v) is 5.81. The molecular formula is C16H26N2O. The van der Waals surface area contributed by atoms with Crippen LogP contribution in [0, 0.1) is 6.92 Å². The van der Waals surface area contributed by atoms with Crippen molar-refractivity contribution in [3.05, 3.63) is 35.4 Å². The second-order valence-electron chi connectivity index (χ2n) is 5.81. The van der Waals surface area contributed by atoms with Gasteiger partial charge in [-0.05, 0) is 19.5 Å². The van der Waals surface area contributed by atoms with Crippen LogP contribution in [-0.2, 0) is 4.74 Å². The quantitative estimate of drug-likeness (QED) is 0.901. The molecule has 0 aromatic heterocycles. The average molecular weight is 262 g/mol. The molecule has 106 valence electrons. The highest BCUT2D eigenvalue weighted by atomic mass is 16.5. The van der Waals surface area contributed by atoms with Crippen molar-refractivity contribution >= 4 is 0 Å². The fourth-order valence-electron chi connectivity index (χ4n) is 2.71. The normalized spacial score (nSPS) is 24.9. The molecule has 1 saturated heterocycles. The number of morpholine rings is 1. The highest BCUT2D eigenvalue weighted by Crippen LogP contribution is 2.28. The Labute approximate surface area is 116 Å². The summed E-state index contributed by atoms with van der Waals surface area (Å²) in [4.78, 5) is 2.41. The first-order valence-electron chi connectivity index (χ1n) is 7.19. The molecule has 3 heteroatoms. The van der Waals surface area contributed by atoms with Gasteiger partial charge in [0.1, 0.15) is 0 Å². The van der Waals surface area contributed by atoms with E-state index < -0.39 is 0 Å². The third-order valence-electron chi connectivity index (χ3n) is 3.71. The molecule has 1 heterocycles. The Bertz CT molecular complexity index is 405. The van der Waals surface area contributed by atoms with Crippen LogP contribution in [0.25, 0.3) is 0 Å². The minimum Gasteiger partial charge on any atom is -0.374 e. The van der Waals surface area contributed by atoms with E-state index in [1.165, 1.54) is 11.1 Å². The molecule has 3 nitrogen and oxygen atoms in total. The minimum atomic E-state index is 0.225. The number of nitrogens with one attached hydrogen (secondary N) is 1. The Morgan fingerprint density at radius 3 is 2.89 bits per heavy atom. The van der Waals surface area contributed by atoms with E-state index in [1.807, 2.05) is 0 Å². The molecule has 1 aliphatic heterocycles. The fraction of sp³-hybridized carbons (Fsp3) is 0.625. The van der Waals surface area contributed by atoms with E-state index in [4.69, 9.17) is 4.74 Å². The summed E-state index contributed by atoms with van der Waals surface area (Å²) >= 11 is 0. The molecule has 1 N–H and O–H groups in total.